The van der Waals surface area contributed by atoms with Crippen molar-refractivity contribution in [2.45, 2.75) is 19.3 Å². The van der Waals surface area contributed by atoms with Crippen LogP contribution in [0.5, 0.6) is 0 Å². The van der Waals surface area contributed by atoms with Gasteiger partial charge in [-0.15, -0.1) is 0 Å². The van der Waals surface area contributed by atoms with E-state index in [-0.39, 0.29) is 0 Å². The largest absolute Gasteiger partial charge is 0.399 e. The fourth-order valence-corrected chi connectivity index (χ4v) is 1.91. The van der Waals surface area contributed by atoms with E-state index in [1.807, 2.05) is 24.3 Å². The van der Waals surface area contributed by atoms with Crippen molar-refractivity contribution < 1.29 is 0 Å². The molecule has 1 unspecified atom stereocenters. The molecule has 1 fully saturated rings. The van der Waals surface area contributed by atoms with Gasteiger partial charge in [-0.25, -0.2) is 0 Å². The Morgan fingerprint density at radius 3 is 2.81 bits per heavy atom. The van der Waals surface area contributed by atoms with Gasteiger partial charge in [-0.05, 0) is 37.1 Å². The van der Waals surface area contributed by atoms with Crippen molar-refractivity contribution in [3.05, 3.63) is 29.8 Å². The molecule has 0 spiro atoms. The van der Waals surface area contributed by atoms with Gasteiger partial charge < -0.3 is 11.1 Å². The summed E-state index contributed by atoms with van der Waals surface area (Å²) in [4.78, 5) is 0. The minimum absolute atomic E-state index is 0.544. The Bertz CT molecular complexity index is 377. The fourth-order valence-electron chi connectivity index (χ4n) is 1.91. The van der Waals surface area contributed by atoms with E-state index in [1.54, 1.807) is 0 Å². The Morgan fingerprint density at radius 2 is 2.12 bits per heavy atom. The summed E-state index contributed by atoms with van der Waals surface area (Å²) in [5, 5.41) is 3.37. The molecular formula is C14H18N2. The molecule has 0 saturated carbocycles. The van der Waals surface area contributed by atoms with E-state index >= 15 is 0 Å². The second kappa shape index (κ2) is 5.58. The first kappa shape index (κ1) is 11.0. The molecule has 0 aromatic heterocycles. The normalized spacial score (nSPS) is 19.9. The van der Waals surface area contributed by atoms with Crippen LogP contribution in [0.15, 0.2) is 24.3 Å². The SMILES string of the molecule is Nc1ccc(CC#CC2CCCNC2)cc1. The van der Waals surface area contributed by atoms with Crippen molar-refractivity contribution >= 4 is 5.69 Å². The number of anilines is 1. The standard InChI is InChI=1S/C14H18N2/c15-14-8-6-12(7-9-14)3-1-4-13-5-2-10-16-11-13/h6-9,13,16H,2-3,5,10-11,15H2. The van der Waals surface area contributed by atoms with Crippen molar-refractivity contribution in [3.8, 4) is 11.8 Å². The lowest BCUT2D eigenvalue weighted by Gasteiger charge is -2.17. The van der Waals surface area contributed by atoms with Crippen LogP contribution >= 0.6 is 0 Å². The number of nitrogens with one attached hydrogen (secondary N) is 1. The first-order valence-electron chi connectivity index (χ1n) is 5.88. The third-order valence-corrected chi connectivity index (χ3v) is 2.88. The number of nitrogen functional groups attached to an aromatic ring is 1. The van der Waals surface area contributed by atoms with E-state index in [2.05, 4.69) is 17.2 Å². The third-order valence-electron chi connectivity index (χ3n) is 2.88. The lowest BCUT2D eigenvalue weighted by atomic mass is 10.00. The highest BCUT2D eigenvalue weighted by atomic mass is 14.9. The maximum absolute atomic E-state index is 5.63. The average Bonchev–Trinajstić information content (AvgIpc) is 2.33. The summed E-state index contributed by atoms with van der Waals surface area (Å²) in [6, 6.07) is 7.95. The summed E-state index contributed by atoms with van der Waals surface area (Å²) in [6.45, 7) is 2.20. The number of hydrogen-bond donors (Lipinski definition) is 2. The molecule has 1 aromatic rings. The highest BCUT2D eigenvalue weighted by Gasteiger charge is 2.08. The summed E-state index contributed by atoms with van der Waals surface area (Å²) < 4.78 is 0. The van der Waals surface area contributed by atoms with Crippen LogP contribution in [0, 0.1) is 17.8 Å². The maximum atomic E-state index is 5.63. The maximum Gasteiger partial charge on any atom is 0.0340 e. The van der Waals surface area contributed by atoms with Crippen LogP contribution in [0.2, 0.25) is 0 Å². The van der Waals surface area contributed by atoms with E-state index in [0.29, 0.717) is 5.92 Å². The minimum atomic E-state index is 0.544. The summed E-state index contributed by atoms with van der Waals surface area (Å²) in [5.74, 6) is 7.14. The lowest BCUT2D eigenvalue weighted by Crippen LogP contribution is -2.28. The predicted molar refractivity (Wildman–Crippen MR) is 67.9 cm³/mol. The van der Waals surface area contributed by atoms with Gasteiger partial charge >= 0.3 is 0 Å². The zero-order valence-corrected chi connectivity index (χ0v) is 9.50. The van der Waals surface area contributed by atoms with Gasteiger partial charge in [0.05, 0.1) is 0 Å². The molecule has 0 aliphatic carbocycles. The van der Waals surface area contributed by atoms with E-state index in [1.165, 1.54) is 18.4 Å². The Kier molecular flexibility index (Phi) is 3.85. The van der Waals surface area contributed by atoms with E-state index < -0.39 is 0 Å². The Labute approximate surface area is 97.2 Å². The molecular weight excluding hydrogens is 196 g/mol. The molecule has 1 aromatic carbocycles. The Hall–Kier alpha value is -1.46. The van der Waals surface area contributed by atoms with Crippen LogP contribution in [-0.4, -0.2) is 13.1 Å². The Morgan fingerprint density at radius 1 is 1.31 bits per heavy atom. The molecule has 0 radical (unpaired) electrons. The monoisotopic (exact) mass is 214 g/mol. The van der Waals surface area contributed by atoms with E-state index in [4.69, 9.17) is 5.73 Å². The molecule has 2 nitrogen and oxygen atoms in total. The second-order valence-corrected chi connectivity index (χ2v) is 4.28. The van der Waals surface area contributed by atoms with Gasteiger partial charge in [0.15, 0.2) is 0 Å². The second-order valence-electron chi connectivity index (χ2n) is 4.28. The first-order valence-corrected chi connectivity index (χ1v) is 5.88. The van der Waals surface area contributed by atoms with Gasteiger partial charge in [0.25, 0.3) is 0 Å². The predicted octanol–water partition coefficient (Wildman–Crippen LogP) is 1.81. The summed E-state index contributed by atoms with van der Waals surface area (Å²) in [5.41, 5.74) is 7.68. The average molecular weight is 214 g/mol. The molecule has 3 N–H and O–H groups in total. The van der Waals surface area contributed by atoms with Crippen molar-refractivity contribution in [1.29, 1.82) is 0 Å². The van der Waals surface area contributed by atoms with Gasteiger partial charge in [-0.3, -0.25) is 0 Å². The third kappa shape index (κ3) is 3.29. The van der Waals surface area contributed by atoms with Crippen LogP contribution in [0.3, 0.4) is 0 Å². The first-order chi connectivity index (χ1) is 7.84. The zero-order valence-electron chi connectivity index (χ0n) is 9.50. The molecule has 2 heteroatoms. The molecule has 84 valence electrons. The van der Waals surface area contributed by atoms with Crippen molar-refractivity contribution in [2.24, 2.45) is 5.92 Å². The van der Waals surface area contributed by atoms with Gasteiger partial charge in [-0.1, -0.05) is 24.0 Å². The molecule has 1 saturated heterocycles. The number of hydrogen-bond acceptors (Lipinski definition) is 2. The summed E-state index contributed by atoms with van der Waals surface area (Å²) in [6.07, 6.45) is 3.32. The zero-order chi connectivity index (χ0) is 11.2. The van der Waals surface area contributed by atoms with E-state index in [9.17, 15) is 0 Å². The van der Waals surface area contributed by atoms with Crippen molar-refractivity contribution in [1.82, 2.24) is 5.32 Å². The molecule has 1 aliphatic heterocycles. The van der Waals surface area contributed by atoms with E-state index in [0.717, 1.165) is 25.2 Å². The van der Waals surface area contributed by atoms with Crippen molar-refractivity contribution in [2.75, 3.05) is 18.8 Å². The molecule has 1 aliphatic rings. The molecule has 1 atom stereocenters. The van der Waals surface area contributed by atoms with Gasteiger partial charge in [0, 0.05) is 24.6 Å². The lowest BCUT2D eigenvalue weighted by molar-refractivity contribution is 0.449. The van der Waals surface area contributed by atoms with Crippen LogP contribution in [-0.2, 0) is 6.42 Å². The fraction of sp³-hybridized carbons (Fsp3) is 0.429. The van der Waals surface area contributed by atoms with Crippen LogP contribution in [0.1, 0.15) is 18.4 Å². The van der Waals surface area contributed by atoms with Gasteiger partial charge in [0.1, 0.15) is 0 Å². The summed E-state index contributed by atoms with van der Waals surface area (Å²) in [7, 11) is 0. The molecule has 0 bridgehead atoms. The quantitative estimate of drug-likeness (QED) is 0.553. The van der Waals surface area contributed by atoms with Crippen LogP contribution < -0.4 is 11.1 Å². The van der Waals surface area contributed by atoms with Gasteiger partial charge in [0.2, 0.25) is 0 Å². The number of nitrogens with two attached hydrogens (primary N) is 1. The number of rotatable bonds is 1. The Balaban J connectivity index is 1.86. The highest BCUT2D eigenvalue weighted by molar-refractivity contribution is 5.40. The topological polar surface area (TPSA) is 38.0 Å². The molecule has 1 heterocycles. The van der Waals surface area contributed by atoms with Crippen molar-refractivity contribution in [3.63, 3.8) is 0 Å². The number of benzene rings is 1. The minimum Gasteiger partial charge on any atom is -0.399 e. The van der Waals surface area contributed by atoms with Crippen LogP contribution in [0.25, 0.3) is 0 Å². The highest BCUT2D eigenvalue weighted by Crippen LogP contribution is 2.09. The van der Waals surface area contributed by atoms with Gasteiger partial charge in [-0.2, -0.15) is 0 Å². The smallest absolute Gasteiger partial charge is 0.0340 e. The van der Waals surface area contributed by atoms with Crippen LogP contribution in [0.4, 0.5) is 5.69 Å². The number of piperidine rings is 1. The molecule has 0 amide bonds. The summed E-state index contributed by atoms with van der Waals surface area (Å²) >= 11 is 0. The molecule has 2 rings (SSSR count). The molecule has 16 heavy (non-hydrogen) atoms.